The van der Waals surface area contributed by atoms with Crippen LogP contribution in [0.15, 0.2) is 83.8 Å². The molecule has 0 aliphatic carbocycles. The minimum absolute atomic E-state index is 0.218. The quantitative estimate of drug-likeness (QED) is 0.553. The van der Waals surface area contributed by atoms with Crippen LogP contribution in [0.5, 0.6) is 0 Å². The van der Waals surface area contributed by atoms with Crippen molar-refractivity contribution < 1.29 is 18.5 Å². The molecule has 0 fully saturated rings. The lowest BCUT2D eigenvalue weighted by molar-refractivity contribution is -0.119. The van der Waals surface area contributed by atoms with Gasteiger partial charge in [0.1, 0.15) is 0 Å². The van der Waals surface area contributed by atoms with E-state index >= 15 is 0 Å². The molecule has 0 bridgehead atoms. The molecule has 0 aliphatic heterocycles. The highest BCUT2D eigenvalue weighted by atomic mass is 32.2. The summed E-state index contributed by atoms with van der Waals surface area (Å²) < 4.78 is 17.3. The summed E-state index contributed by atoms with van der Waals surface area (Å²) in [6.45, 7) is 1.35. The Morgan fingerprint density at radius 1 is 0.900 bits per heavy atom. The maximum atomic E-state index is 12.4. The van der Waals surface area contributed by atoms with Crippen molar-refractivity contribution in [3.63, 3.8) is 0 Å². The molecule has 0 saturated heterocycles. The molecule has 0 aromatic heterocycles. The average molecular weight is 422 g/mol. The van der Waals surface area contributed by atoms with Gasteiger partial charge in [0, 0.05) is 11.4 Å². The van der Waals surface area contributed by atoms with Crippen LogP contribution in [0, 0.1) is 0 Å². The lowest BCUT2D eigenvalue weighted by atomic mass is 10.0. The van der Waals surface area contributed by atoms with Crippen molar-refractivity contribution in [2.45, 2.75) is 18.2 Å². The summed E-state index contributed by atoms with van der Waals surface area (Å²) in [4.78, 5) is 25.2. The van der Waals surface area contributed by atoms with Gasteiger partial charge in [0.25, 0.3) is 5.91 Å². The van der Waals surface area contributed by atoms with E-state index in [0.717, 1.165) is 11.1 Å². The van der Waals surface area contributed by atoms with Gasteiger partial charge in [-0.25, -0.2) is 4.79 Å². The van der Waals surface area contributed by atoms with Crippen molar-refractivity contribution in [2.24, 2.45) is 0 Å². The van der Waals surface area contributed by atoms with E-state index in [2.05, 4.69) is 5.32 Å². The highest BCUT2D eigenvalue weighted by Gasteiger charge is 2.17. The van der Waals surface area contributed by atoms with Gasteiger partial charge in [0.05, 0.1) is 21.3 Å². The molecule has 0 aliphatic rings. The number of amides is 1. The van der Waals surface area contributed by atoms with Crippen LogP contribution in [0.4, 0.5) is 5.69 Å². The first-order valence-corrected chi connectivity index (χ1v) is 11.0. The molecule has 3 aromatic rings. The van der Waals surface area contributed by atoms with Crippen molar-refractivity contribution in [2.75, 3.05) is 17.7 Å². The molecule has 154 valence electrons. The monoisotopic (exact) mass is 421 g/mol. The number of benzene rings is 3. The second-order valence-electron chi connectivity index (χ2n) is 6.57. The Balaban J connectivity index is 1.63. The van der Waals surface area contributed by atoms with E-state index in [4.69, 9.17) is 4.74 Å². The molecule has 3 aromatic carbocycles. The molecule has 6 heteroatoms. The van der Waals surface area contributed by atoms with Gasteiger partial charge in [-0.15, -0.1) is 0 Å². The van der Waals surface area contributed by atoms with Crippen LogP contribution in [-0.4, -0.2) is 28.4 Å². The van der Waals surface area contributed by atoms with E-state index in [1.807, 2.05) is 54.6 Å². The summed E-state index contributed by atoms with van der Waals surface area (Å²) in [5.74, 6) is -0.707. The number of rotatable bonds is 8. The fourth-order valence-corrected chi connectivity index (χ4v) is 3.93. The van der Waals surface area contributed by atoms with E-state index in [-0.39, 0.29) is 5.56 Å². The molecule has 5 nitrogen and oxygen atoms in total. The predicted octanol–water partition coefficient (Wildman–Crippen LogP) is 4.20. The van der Waals surface area contributed by atoms with Crippen molar-refractivity contribution in [1.29, 1.82) is 0 Å². The highest BCUT2D eigenvalue weighted by molar-refractivity contribution is 7.85. The van der Waals surface area contributed by atoms with E-state index in [9.17, 15) is 13.8 Å². The molecule has 1 atom stereocenters. The number of esters is 1. The second kappa shape index (κ2) is 10.5. The third-order valence-corrected chi connectivity index (χ3v) is 5.85. The summed E-state index contributed by atoms with van der Waals surface area (Å²) in [5, 5.41) is 2.81. The van der Waals surface area contributed by atoms with E-state index in [0.29, 0.717) is 22.8 Å². The van der Waals surface area contributed by atoms with Crippen LogP contribution in [0.1, 0.15) is 28.4 Å². The predicted molar refractivity (Wildman–Crippen MR) is 118 cm³/mol. The largest absolute Gasteiger partial charge is 0.452 e. The van der Waals surface area contributed by atoms with Crippen molar-refractivity contribution >= 4 is 28.4 Å². The zero-order valence-corrected chi connectivity index (χ0v) is 17.5. The Kier molecular flexibility index (Phi) is 7.51. The van der Waals surface area contributed by atoms with E-state index in [1.165, 1.54) is 0 Å². The van der Waals surface area contributed by atoms with E-state index in [1.54, 1.807) is 31.2 Å². The van der Waals surface area contributed by atoms with Gasteiger partial charge in [-0.1, -0.05) is 67.6 Å². The molecule has 0 saturated carbocycles. The molecule has 1 amide bonds. The minimum atomic E-state index is -1.29. The number of carbonyl (C=O) groups is 2. The van der Waals surface area contributed by atoms with Gasteiger partial charge >= 0.3 is 5.97 Å². The molecule has 1 unspecified atom stereocenters. The molecule has 0 spiro atoms. The third-order valence-electron chi connectivity index (χ3n) is 4.48. The zero-order chi connectivity index (χ0) is 21.3. The van der Waals surface area contributed by atoms with Crippen molar-refractivity contribution in [3.8, 4) is 0 Å². The van der Waals surface area contributed by atoms with Crippen LogP contribution in [0.2, 0.25) is 0 Å². The first-order valence-electron chi connectivity index (χ1n) is 9.64. The first kappa shape index (κ1) is 21.5. The zero-order valence-electron chi connectivity index (χ0n) is 16.7. The molecule has 1 N–H and O–H groups in total. The number of nitrogens with one attached hydrogen (secondary N) is 1. The van der Waals surface area contributed by atoms with Gasteiger partial charge in [-0.2, -0.15) is 0 Å². The second-order valence-corrected chi connectivity index (χ2v) is 8.28. The topological polar surface area (TPSA) is 72.5 Å². The summed E-state index contributed by atoms with van der Waals surface area (Å²) in [5.41, 5.74) is 2.99. The fourth-order valence-electron chi connectivity index (χ4n) is 3.00. The summed E-state index contributed by atoms with van der Waals surface area (Å²) in [6, 6.07) is 24.1. The normalized spacial score (nSPS) is 11.5. The molecule has 0 radical (unpaired) electrons. The van der Waals surface area contributed by atoms with Crippen LogP contribution >= 0.6 is 0 Å². The van der Waals surface area contributed by atoms with Gasteiger partial charge in [0.2, 0.25) is 0 Å². The number of anilines is 1. The molecular weight excluding hydrogens is 398 g/mol. The third kappa shape index (κ3) is 5.64. The van der Waals surface area contributed by atoms with Crippen LogP contribution in [-0.2, 0) is 26.8 Å². The first-order chi connectivity index (χ1) is 14.6. The van der Waals surface area contributed by atoms with Gasteiger partial charge < -0.3 is 10.1 Å². The number of para-hydroxylation sites is 1. The lowest BCUT2D eigenvalue weighted by Gasteiger charge is -2.12. The molecular formula is C24H23NO4S. The van der Waals surface area contributed by atoms with Crippen molar-refractivity contribution in [1.82, 2.24) is 0 Å². The Hall–Kier alpha value is -3.25. The maximum absolute atomic E-state index is 12.4. The van der Waals surface area contributed by atoms with Crippen LogP contribution < -0.4 is 5.32 Å². The molecule has 0 heterocycles. The Labute approximate surface area is 178 Å². The van der Waals surface area contributed by atoms with E-state index < -0.39 is 29.3 Å². The van der Waals surface area contributed by atoms with Crippen LogP contribution in [0.3, 0.4) is 0 Å². The number of hydrogen-bond acceptors (Lipinski definition) is 4. The average Bonchev–Trinajstić information content (AvgIpc) is 2.79. The number of ether oxygens (including phenoxy) is 1. The summed E-state index contributed by atoms with van der Waals surface area (Å²) in [6.07, 6.45) is 0.674. The fraction of sp³-hybridized carbons (Fsp3) is 0.167. The Morgan fingerprint density at radius 3 is 2.33 bits per heavy atom. The Morgan fingerprint density at radius 2 is 1.57 bits per heavy atom. The van der Waals surface area contributed by atoms with Crippen molar-refractivity contribution in [3.05, 3.63) is 95.6 Å². The summed E-state index contributed by atoms with van der Waals surface area (Å²) >= 11 is 0. The minimum Gasteiger partial charge on any atom is -0.452 e. The van der Waals surface area contributed by atoms with Crippen LogP contribution in [0.25, 0.3) is 0 Å². The van der Waals surface area contributed by atoms with Gasteiger partial charge in [-0.3, -0.25) is 9.00 Å². The standard InChI is InChI=1S/C24H23NO4S/c1-2-30(28)22-15-9-7-13-20(22)24(27)29-17-23(26)25-21-14-8-6-12-19(21)16-18-10-4-3-5-11-18/h3-15H,2,16-17H2,1H3,(H,25,26). The number of hydrogen-bond donors (Lipinski definition) is 1. The lowest BCUT2D eigenvalue weighted by Crippen LogP contribution is -2.22. The number of carbonyl (C=O) groups excluding carboxylic acids is 2. The highest BCUT2D eigenvalue weighted by Crippen LogP contribution is 2.19. The molecule has 3 rings (SSSR count). The van der Waals surface area contributed by atoms with Gasteiger partial charge in [0.15, 0.2) is 6.61 Å². The summed E-state index contributed by atoms with van der Waals surface area (Å²) in [7, 11) is -1.29. The Bertz CT molecular complexity index is 1050. The SMILES string of the molecule is CCS(=O)c1ccccc1C(=O)OCC(=O)Nc1ccccc1Cc1ccccc1. The maximum Gasteiger partial charge on any atom is 0.339 e. The van der Waals surface area contributed by atoms with Gasteiger partial charge in [-0.05, 0) is 35.7 Å². The smallest absolute Gasteiger partial charge is 0.339 e. The molecule has 30 heavy (non-hydrogen) atoms.